The summed E-state index contributed by atoms with van der Waals surface area (Å²) in [6.07, 6.45) is 9.48. The normalized spacial score (nSPS) is 19.1. The SMILES string of the molecule is CCCOc1cc2c(cc1/C(C)=C\C=C\C(C)CC(=O)O)C(C)(C)CCC2(C)C. The molecule has 1 atom stereocenters. The van der Waals surface area contributed by atoms with Gasteiger partial charge < -0.3 is 9.84 Å². The van der Waals surface area contributed by atoms with Crippen LogP contribution in [0.2, 0.25) is 0 Å². The van der Waals surface area contributed by atoms with Crippen molar-refractivity contribution in [3.63, 3.8) is 0 Å². The molecule has 1 unspecified atom stereocenters. The number of carbonyl (C=O) groups is 1. The van der Waals surface area contributed by atoms with Gasteiger partial charge in [0.25, 0.3) is 0 Å². The fourth-order valence-corrected chi connectivity index (χ4v) is 4.06. The van der Waals surface area contributed by atoms with Crippen LogP contribution in [0, 0.1) is 5.92 Å². The lowest BCUT2D eigenvalue weighted by Crippen LogP contribution is -2.34. The molecule has 0 heterocycles. The summed E-state index contributed by atoms with van der Waals surface area (Å²) in [6, 6.07) is 4.61. The Hall–Kier alpha value is -2.03. The standard InChI is InChI=1S/C26H38O3/c1-8-14-29-23-17-22-21(25(4,5)12-13-26(22,6)7)16-20(23)19(3)11-9-10-18(2)15-24(27)28/h9-11,16-18H,8,12-15H2,1-7H3,(H,27,28)/b10-9+,19-11-. The number of carboxylic acids is 1. The minimum atomic E-state index is -0.766. The minimum absolute atomic E-state index is 0.00984. The smallest absolute Gasteiger partial charge is 0.303 e. The van der Waals surface area contributed by atoms with Crippen molar-refractivity contribution >= 4 is 11.5 Å². The highest BCUT2D eigenvalue weighted by Gasteiger charge is 2.38. The van der Waals surface area contributed by atoms with Crippen molar-refractivity contribution < 1.29 is 14.6 Å². The van der Waals surface area contributed by atoms with E-state index >= 15 is 0 Å². The summed E-state index contributed by atoms with van der Waals surface area (Å²) in [6.45, 7) is 16.2. The van der Waals surface area contributed by atoms with E-state index in [2.05, 4.69) is 59.8 Å². The van der Waals surface area contributed by atoms with Gasteiger partial charge in [-0.3, -0.25) is 4.79 Å². The van der Waals surface area contributed by atoms with Crippen LogP contribution in [-0.2, 0) is 15.6 Å². The molecular weight excluding hydrogens is 360 g/mol. The van der Waals surface area contributed by atoms with Crippen LogP contribution >= 0.6 is 0 Å². The second-order valence-corrected chi connectivity index (χ2v) is 9.82. The van der Waals surface area contributed by atoms with E-state index in [1.807, 2.05) is 19.1 Å². The van der Waals surface area contributed by atoms with Crippen molar-refractivity contribution in [1.29, 1.82) is 0 Å². The van der Waals surface area contributed by atoms with Crippen LogP contribution in [0.5, 0.6) is 5.75 Å². The largest absolute Gasteiger partial charge is 0.493 e. The van der Waals surface area contributed by atoms with Gasteiger partial charge in [-0.1, -0.05) is 59.8 Å². The lowest BCUT2D eigenvalue weighted by atomic mass is 9.62. The third-order valence-corrected chi connectivity index (χ3v) is 6.12. The number of hydrogen-bond acceptors (Lipinski definition) is 2. The highest BCUT2D eigenvalue weighted by molar-refractivity contribution is 5.72. The molecule has 0 saturated carbocycles. The predicted octanol–water partition coefficient (Wildman–Crippen LogP) is 6.89. The van der Waals surface area contributed by atoms with Crippen molar-refractivity contribution in [3.8, 4) is 5.75 Å². The van der Waals surface area contributed by atoms with E-state index in [4.69, 9.17) is 9.84 Å². The van der Waals surface area contributed by atoms with Crippen molar-refractivity contribution in [1.82, 2.24) is 0 Å². The highest BCUT2D eigenvalue weighted by Crippen LogP contribution is 2.48. The summed E-state index contributed by atoms with van der Waals surface area (Å²) in [5.41, 5.74) is 5.40. The first-order valence-corrected chi connectivity index (χ1v) is 10.9. The number of fused-ring (bicyclic) bond motifs is 1. The molecule has 0 radical (unpaired) electrons. The minimum Gasteiger partial charge on any atom is -0.493 e. The Morgan fingerprint density at radius 3 is 2.31 bits per heavy atom. The second-order valence-electron chi connectivity index (χ2n) is 9.82. The van der Waals surface area contributed by atoms with Crippen molar-refractivity contribution in [2.75, 3.05) is 6.61 Å². The van der Waals surface area contributed by atoms with Crippen molar-refractivity contribution in [3.05, 3.63) is 47.1 Å². The van der Waals surface area contributed by atoms with Gasteiger partial charge in [0.2, 0.25) is 0 Å². The third kappa shape index (κ3) is 5.74. The Labute approximate surface area is 176 Å². The van der Waals surface area contributed by atoms with Gasteiger partial charge in [-0.25, -0.2) is 0 Å². The first-order valence-electron chi connectivity index (χ1n) is 10.9. The number of allylic oxidation sites excluding steroid dienone is 4. The molecule has 0 saturated heterocycles. The fraction of sp³-hybridized carbons (Fsp3) is 0.577. The van der Waals surface area contributed by atoms with Gasteiger partial charge >= 0.3 is 5.97 Å². The number of ether oxygens (including phenoxy) is 1. The zero-order chi connectivity index (χ0) is 21.8. The van der Waals surface area contributed by atoms with E-state index < -0.39 is 5.97 Å². The fourth-order valence-electron chi connectivity index (χ4n) is 4.06. The van der Waals surface area contributed by atoms with E-state index in [0.29, 0.717) is 6.61 Å². The molecule has 1 N–H and O–H groups in total. The molecule has 160 valence electrons. The number of carboxylic acid groups (broad SMARTS) is 1. The topological polar surface area (TPSA) is 46.5 Å². The molecule has 29 heavy (non-hydrogen) atoms. The number of hydrogen-bond donors (Lipinski definition) is 1. The van der Waals surface area contributed by atoms with Gasteiger partial charge in [0.05, 0.1) is 13.0 Å². The maximum atomic E-state index is 10.9. The van der Waals surface area contributed by atoms with Gasteiger partial charge in [-0.2, -0.15) is 0 Å². The average molecular weight is 399 g/mol. The van der Waals surface area contributed by atoms with Gasteiger partial charge in [0.1, 0.15) is 5.75 Å². The Bertz CT molecular complexity index is 796. The predicted molar refractivity (Wildman–Crippen MR) is 122 cm³/mol. The maximum absolute atomic E-state index is 10.9. The molecule has 3 nitrogen and oxygen atoms in total. The zero-order valence-corrected chi connectivity index (χ0v) is 19.3. The second kappa shape index (κ2) is 9.19. The Morgan fingerprint density at radius 2 is 1.76 bits per heavy atom. The number of aliphatic carboxylic acids is 1. The van der Waals surface area contributed by atoms with Crippen LogP contribution in [0.4, 0.5) is 0 Å². The quantitative estimate of drug-likeness (QED) is 0.485. The maximum Gasteiger partial charge on any atom is 0.303 e. The highest BCUT2D eigenvalue weighted by atomic mass is 16.5. The molecule has 1 aromatic rings. The van der Waals surface area contributed by atoms with Crippen LogP contribution in [0.1, 0.15) is 90.8 Å². The van der Waals surface area contributed by atoms with Crippen LogP contribution in [-0.4, -0.2) is 17.7 Å². The van der Waals surface area contributed by atoms with Gasteiger partial charge in [-0.05, 0) is 71.8 Å². The van der Waals surface area contributed by atoms with Gasteiger partial charge in [0, 0.05) is 5.56 Å². The van der Waals surface area contributed by atoms with Gasteiger partial charge in [0.15, 0.2) is 0 Å². The molecule has 0 bridgehead atoms. The number of rotatable bonds is 8. The van der Waals surface area contributed by atoms with E-state index in [1.165, 1.54) is 24.0 Å². The summed E-state index contributed by atoms with van der Waals surface area (Å²) in [7, 11) is 0. The molecule has 0 amide bonds. The van der Waals surface area contributed by atoms with E-state index in [0.717, 1.165) is 23.3 Å². The third-order valence-electron chi connectivity index (χ3n) is 6.12. The summed E-state index contributed by atoms with van der Waals surface area (Å²) < 4.78 is 6.17. The van der Waals surface area contributed by atoms with Crippen LogP contribution in [0.25, 0.3) is 5.57 Å². The molecule has 0 fully saturated rings. The Kier molecular flexibility index (Phi) is 7.37. The van der Waals surface area contributed by atoms with Crippen molar-refractivity contribution in [2.24, 2.45) is 5.92 Å². The van der Waals surface area contributed by atoms with Crippen LogP contribution in [0.15, 0.2) is 30.4 Å². The lowest BCUT2D eigenvalue weighted by molar-refractivity contribution is -0.137. The molecule has 1 aliphatic rings. The first kappa shape index (κ1) is 23.3. The Balaban J connectivity index is 2.48. The van der Waals surface area contributed by atoms with E-state index in [9.17, 15) is 4.79 Å². The molecule has 0 aromatic heterocycles. The van der Waals surface area contributed by atoms with E-state index in [1.54, 1.807) is 0 Å². The summed E-state index contributed by atoms with van der Waals surface area (Å²) >= 11 is 0. The lowest BCUT2D eigenvalue weighted by Gasteiger charge is -2.42. The monoisotopic (exact) mass is 398 g/mol. The summed E-state index contributed by atoms with van der Waals surface area (Å²) in [4.78, 5) is 10.9. The van der Waals surface area contributed by atoms with E-state index in [-0.39, 0.29) is 23.2 Å². The van der Waals surface area contributed by atoms with Crippen LogP contribution in [0.3, 0.4) is 0 Å². The van der Waals surface area contributed by atoms with Crippen LogP contribution < -0.4 is 4.74 Å². The first-order chi connectivity index (χ1) is 13.5. The average Bonchev–Trinajstić information content (AvgIpc) is 2.62. The zero-order valence-electron chi connectivity index (χ0n) is 19.3. The molecule has 2 rings (SSSR count). The summed E-state index contributed by atoms with van der Waals surface area (Å²) in [5.74, 6) is 0.199. The molecule has 1 aromatic carbocycles. The molecule has 3 heteroatoms. The Morgan fingerprint density at radius 1 is 1.17 bits per heavy atom. The van der Waals surface area contributed by atoms with Crippen molar-refractivity contribution in [2.45, 2.75) is 85.0 Å². The molecular formula is C26H38O3. The van der Waals surface area contributed by atoms with Gasteiger partial charge in [-0.15, -0.1) is 0 Å². The molecule has 1 aliphatic carbocycles. The molecule has 0 spiro atoms. The number of benzene rings is 1. The summed E-state index contributed by atoms with van der Waals surface area (Å²) in [5, 5.41) is 8.93. The molecule has 0 aliphatic heterocycles.